The largest absolute Gasteiger partial charge is 0.507 e. The van der Waals surface area contributed by atoms with E-state index in [0.29, 0.717) is 9.26 Å². The number of phenolic OH excluding ortho intramolecular Hbond substituents is 1. The summed E-state index contributed by atoms with van der Waals surface area (Å²) in [7, 11) is 0. The second kappa shape index (κ2) is 5.52. The first-order chi connectivity index (χ1) is 8.97. The van der Waals surface area contributed by atoms with E-state index in [-0.39, 0.29) is 11.3 Å². The van der Waals surface area contributed by atoms with Gasteiger partial charge in [0.05, 0.1) is 11.3 Å². The monoisotopic (exact) mass is 375 g/mol. The third kappa shape index (κ3) is 3.19. The second-order valence-corrected chi connectivity index (χ2v) is 4.90. The standard InChI is InChI=1S/C13H8F2INO2/c14-7-2-4-12(18)9(5-7)13(19)17-11-3-1-8(15)6-10(11)16/h1-6,18H,(H,17,19). The smallest absolute Gasteiger partial charge is 0.259 e. The fraction of sp³-hybridized carbons (Fsp3) is 0. The van der Waals surface area contributed by atoms with Crippen molar-refractivity contribution in [2.24, 2.45) is 0 Å². The van der Waals surface area contributed by atoms with E-state index < -0.39 is 17.5 Å². The molecule has 0 aliphatic rings. The van der Waals surface area contributed by atoms with Crippen LogP contribution in [0.3, 0.4) is 0 Å². The van der Waals surface area contributed by atoms with Crippen LogP contribution in [0.25, 0.3) is 0 Å². The Morgan fingerprint density at radius 3 is 2.42 bits per heavy atom. The maximum absolute atomic E-state index is 13.0. The minimum atomic E-state index is -0.665. The van der Waals surface area contributed by atoms with Crippen LogP contribution >= 0.6 is 22.6 Å². The summed E-state index contributed by atoms with van der Waals surface area (Å²) in [5.74, 6) is -2.04. The maximum atomic E-state index is 13.0. The Balaban J connectivity index is 2.28. The molecule has 19 heavy (non-hydrogen) atoms. The van der Waals surface area contributed by atoms with Crippen molar-refractivity contribution in [3.8, 4) is 5.75 Å². The summed E-state index contributed by atoms with van der Waals surface area (Å²) in [6, 6.07) is 6.92. The number of nitrogens with one attached hydrogen (secondary N) is 1. The predicted molar refractivity (Wildman–Crippen MR) is 75.1 cm³/mol. The Bertz CT molecular complexity index is 647. The van der Waals surface area contributed by atoms with Crippen molar-refractivity contribution in [1.29, 1.82) is 0 Å². The minimum absolute atomic E-state index is 0.180. The Kier molecular flexibility index (Phi) is 3.98. The van der Waals surface area contributed by atoms with Crippen molar-refractivity contribution >= 4 is 34.2 Å². The molecule has 0 heterocycles. The summed E-state index contributed by atoms with van der Waals surface area (Å²) in [5.41, 5.74) is 0.204. The number of benzene rings is 2. The van der Waals surface area contributed by atoms with Gasteiger partial charge in [0, 0.05) is 3.57 Å². The van der Waals surface area contributed by atoms with E-state index >= 15 is 0 Å². The van der Waals surface area contributed by atoms with E-state index in [1.165, 1.54) is 18.2 Å². The number of phenols is 1. The summed E-state index contributed by atoms with van der Waals surface area (Å²) in [4.78, 5) is 11.9. The van der Waals surface area contributed by atoms with Crippen molar-refractivity contribution in [3.05, 3.63) is 57.2 Å². The summed E-state index contributed by atoms with van der Waals surface area (Å²) in [5, 5.41) is 12.0. The Morgan fingerprint density at radius 1 is 1.11 bits per heavy atom. The summed E-state index contributed by atoms with van der Waals surface area (Å²) in [6.07, 6.45) is 0. The highest BCUT2D eigenvalue weighted by molar-refractivity contribution is 14.1. The van der Waals surface area contributed by atoms with Gasteiger partial charge in [-0.1, -0.05) is 0 Å². The highest BCUT2D eigenvalue weighted by Crippen LogP contribution is 2.23. The van der Waals surface area contributed by atoms with Gasteiger partial charge in [0.1, 0.15) is 17.4 Å². The first-order valence-electron chi connectivity index (χ1n) is 5.22. The van der Waals surface area contributed by atoms with E-state index in [9.17, 15) is 18.7 Å². The third-order valence-corrected chi connectivity index (χ3v) is 3.28. The van der Waals surface area contributed by atoms with E-state index in [2.05, 4.69) is 5.32 Å². The lowest BCUT2D eigenvalue weighted by molar-refractivity contribution is 0.102. The molecule has 1 amide bonds. The minimum Gasteiger partial charge on any atom is -0.507 e. The Morgan fingerprint density at radius 2 is 1.74 bits per heavy atom. The van der Waals surface area contributed by atoms with Crippen LogP contribution in [0.5, 0.6) is 5.75 Å². The van der Waals surface area contributed by atoms with E-state index in [0.717, 1.165) is 18.2 Å². The zero-order valence-corrected chi connectivity index (χ0v) is 11.6. The van der Waals surface area contributed by atoms with Crippen molar-refractivity contribution in [2.75, 3.05) is 5.32 Å². The van der Waals surface area contributed by atoms with E-state index in [1.54, 1.807) is 0 Å². The van der Waals surface area contributed by atoms with Gasteiger partial charge in [0.15, 0.2) is 0 Å². The van der Waals surface area contributed by atoms with Crippen LogP contribution in [0.2, 0.25) is 0 Å². The Hall–Kier alpha value is -1.70. The van der Waals surface area contributed by atoms with Gasteiger partial charge in [0.2, 0.25) is 0 Å². The highest BCUT2D eigenvalue weighted by atomic mass is 127. The van der Waals surface area contributed by atoms with Crippen LogP contribution in [0, 0.1) is 15.2 Å². The number of hydrogen-bond acceptors (Lipinski definition) is 2. The van der Waals surface area contributed by atoms with Gasteiger partial charge in [-0.3, -0.25) is 4.79 Å². The van der Waals surface area contributed by atoms with Crippen LogP contribution in [-0.4, -0.2) is 11.0 Å². The van der Waals surface area contributed by atoms with Crippen LogP contribution < -0.4 is 5.32 Å². The molecule has 0 bridgehead atoms. The zero-order chi connectivity index (χ0) is 14.0. The first kappa shape index (κ1) is 13.7. The SMILES string of the molecule is O=C(Nc1ccc(F)cc1I)c1cc(F)ccc1O. The summed E-state index contributed by atoms with van der Waals surface area (Å²) in [6.45, 7) is 0. The molecule has 0 saturated heterocycles. The van der Waals surface area contributed by atoms with Crippen molar-refractivity contribution in [1.82, 2.24) is 0 Å². The normalized spacial score (nSPS) is 10.3. The van der Waals surface area contributed by atoms with Gasteiger partial charge in [-0.25, -0.2) is 8.78 Å². The number of amides is 1. The molecule has 2 aromatic rings. The lowest BCUT2D eigenvalue weighted by Gasteiger charge is -2.08. The average Bonchev–Trinajstić information content (AvgIpc) is 2.35. The number of rotatable bonds is 2. The quantitative estimate of drug-likeness (QED) is 0.790. The zero-order valence-electron chi connectivity index (χ0n) is 9.45. The molecule has 0 saturated carbocycles. The summed E-state index contributed by atoms with van der Waals surface area (Å²) >= 11 is 1.86. The molecule has 98 valence electrons. The molecule has 2 aromatic carbocycles. The average molecular weight is 375 g/mol. The van der Waals surface area contributed by atoms with Gasteiger partial charge >= 0.3 is 0 Å². The predicted octanol–water partition coefficient (Wildman–Crippen LogP) is 3.53. The number of anilines is 1. The number of carbonyl (C=O) groups is 1. The fourth-order valence-corrected chi connectivity index (χ4v) is 2.08. The molecule has 0 aliphatic carbocycles. The molecule has 0 aliphatic heterocycles. The molecular weight excluding hydrogens is 367 g/mol. The molecule has 0 spiro atoms. The number of halogens is 3. The lowest BCUT2D eigenvalue weighted by Crippen LogP contribution is -2.13. The van der Waals surface area contributed by atoms with E-state index in [4.69, 9.17) is 0 Å². The van der Waals surface area contributed by atoms with Crippen molar-refractivity contribution < 1.29 is 18.7 Å². The molecule has 0 fully saturated rings. The number of hydrogen-bond donors (Lipinski definition) is 2. The van der Waals surface area contributed by atoms with Gasteiger partial charge < -0.3 is 10.4 Å². The van der Waals surface area contributed by atoms with E-state index in [1.807, 2.05) is 22.6 Å². The molecule has 3 nitrogen and oxygen atoms in total. The van der Waals surface area contributed by atoms with Crippen LogP contribution in [0.1, 0.15) is 10.4 Å². The third-order valence-electron chi connectivity index (χ3n) is 2.38. The summed E-state index contributed by atoms with van der Waals surface area (Å²) < 4.78 is 26.5. The molecule has 6 heteroatoms. The van der Waals surface area contributed by atoms with Crippen LogP contribution in [0.15, 0.2) is 36.4 Å². The molecule has 0 atom stereocenters. The molecular formula is C13H8F2INO2. The number of aromatic hydroxyl groups is 1. The molecule has 0 unspecified atom stereocenters. The molecule has 2 N–H and O–H groups in total. The first-order valence-corrected chi connectivity index (χ1v) is 6.30. The Labute approximate surface area is 121 Å². The second-order valence-electron chi connectivity index (χ2n) is 3.74. The fourth-order valence-electron chi connectivity index (χ4n) is 1.47. The lowest BCUT2D eigenvalue weighted by atomic mass is 10.1. The van der Waals surface area contributed by atoms with Gasteiger partial charge in [-0.15, -0.1) is 0 Å². The molecule has 2 rings (SSSR count). The van der Waals surface area contributed by atoms with Gasteiger partial charge in [-0.05, 0) is 59.0 Å². The van der Waals surface area contributed by atoms with Gasteiger partial charge in [0.25, 0.3) is 5.91 Å². The van der Waals surface area contributed by atoms with Crippen LogP contribution in [0.4, 0.5) is 14.5 Å². The van der Waals surface area contributed by atoms with Gasteiger partial charge in [-0.2, -0.15) is 0 Å². The van der Waals surface area contributed by atoms with Crippen molar-refractivity contribution in [3.63, 3.8) is 0 Å². The molecule has 0 aromatic heterocycles. The topological polar surface area (TPSA) is 49.3 Å². The maximum Gasteiger partial charge on any atom is 0.259 e. The van der Waals surface area contributed by atoms with Crippen molar-refractivity contribution in [2.45, 2.75) is 0 Å². The van der Waals surface area contributed by atoms with Crippen LogP contribution in [-0.2, 0) is 0 Å². The highest BCUT2D eigenvalue weighted by Gasteiger charge is 2.13. The molecule has 0 radical (unpaired) electrons. The number of carbonyl (C=O) groups excluding carboxylic acids is 1.